The first-order valence-corrected chi connectivity index (χ1v) is 13.2. The van der Waals surface area contributed by atoms with Crippen molar-refractivity contribution in [3.05, 3.63) is 60.7 Å². The van der Waals surface area contributed by atoms with Gasteiger partial charge in [-0.25, -0.2) is 0 Å². The van der Waals surface area contributed by atoms with Gasteiger partial charge in [0.1, 0.15) is 0 Å². The maximum absolute atomic E-state index is 13.4. The maximum atomic E-state index is 13.4. The first-order chi connectivity index (χ1) is 14.1. The van der Waals surface area contributed by atoms with Gasteiger partial charge in [0, 0.05) is 0 Å². The molecule has 0 saturated heterocycles. The first-order valence-electron chi connectivity index (χ1n) is 9.54. The van der Waals surface area contributed by atoms with Gasteiger partial charge in [0.25, 0.3) is 0 Å². The monoisotopic (exact) mass is 518 g/mol. The summed E-state index contributed by atoms with van der Waals surface area (Å²) in [6.45, 7) is 2.07. The van der Waals surface area contributed by atoms with Gasteiger partial charge >= 0.3 is 185 Å². The summed E-state index contributed by atoms with van der Waals surface area (Å²) in [6, 6.07) is 25.1. The number of nitrogens with zero attached hydrogens (tertiary/aromatic N) is 2. The molecule has 0 unspecified atom stereocenters. The molecule has 3 atom stereocenters. The van der Waals surface area contributed by atoms with Crippen molar-refractivity contribution in [1.29, 1.82) is 10.5 Å². The van der Waals surface area contributed by atoms with E-state index in [-0.39, 0.29) is 52.1 Å². The summed E-state index contributed by atoms with van der Waals surface area (Å²) in [7, 11) is 0. The zero-order chi connectivity index (χ0) is 20.7. The molecule has 0 N–H and O–H groups in total. The van der Waals surface area contributed by atoms with Crippen LogP contribution >= 0.6 is 0 Å². The molecule has 29 heavy (non-hydrogen) atoms. The molecule has 2 aromatic rings. The number of benzene rings is 2. The van der Waals surface area contributed by atoms with Crippen LogP contribution in [-0.4, -0.2) is 42.5 Å². The van der Waals surface area contributed by atoms with Crippen molar-refractivity contribution in [3.63, 3.8) is 0 Å². The van der Waals surface area contributed by atoms with Crippen LogP contribution in [0.15, 0.2) is 60.7 Å². The first kappa shape index (κ1) is 21.6. The van der Waals surface area contributed by atoms with Crippen molar-refractivity contribution in [1.82, 2.24) is 0 Å². The number of nitriles is 2. The van der Waals surface area contributed by atoms with E-state index in [9.17, 15) is 15.3 Å². The van der Waals surface area contributed by atoms with E-state index in [1.807, 2.05) is 36.4 Å². The van der Waals surface area contributed by atoms with Gasteiger partial charge in [0.15, 0.2) is 0 Å². The molecular weight excluding hydrogens is 494 g/mol. The Balaban J connectivity index is 2.07. The summed E-state index contributed by atoms with van der Waals surface area (Å²) >= 11 is -0.0490. The van der Waals surface area contributed by atoms with Crippen LogP contribution in [0.4, 0.5) is 0 Å². The fraction of sp³-hybridized carbons (Fsp3) is 0.348. The van der Waals surface area contributed by atoms with Gasteiger partial charge < -0.3 is 0 Å². The van der Waals surface area contributed by atoms with E-state index in [1.54, 1.807) is 6.92 Å². The minimum atomic E-state index is -0.920. The molecule has 2 aromatic carbocycles. The Morgan fingerprint density at radius 2 is 1.62 bits per heavy atom. The average molecular weight is 516 g/mol. The van der Waals surface area contributed by atoms with Gasteiger partial charge in [-0.15, -0.1) is 0 Å². The van der Waals surface area contributed by atoms with Gasteiger partial charge in [-0.2, -0.15) is 0 Å². The van der Waals surface area contributed by atoms with E-state index in [2.05, 4.69) is 36.4 Å². The molecule has 1 aliphatic carbocycles. The summed E-state index contributed by atoms with van der Waals surface area (Å²) in [4.78, 5) is 13.4. The summed E-state index contributed by atoms with van der Waals surface area (Å²) in [5, 5.41) is 19.5. The molecule has 148 valence electrons. The van der Waals surface area contributed by atoms with Crippen LogP contribution in [-0.2, 0) is 9.53 Å². The Bertz CT molecular complexity index is 866. The molecular formula is C23H22N2O2Se2. The molecule has 0 spiro atoms. The van der Waals surface area contributed by atoms with Crippen molar-refractivity contribution in [2.75, 3.05) is 6.61 Å². The summed E-state index contributed by atoms with van der Waals surface area (Å²) in [5.41, 5.74) is -0.920. The number of ether oxygens (including phenoxy) is 1. The van der Waals surface area contributed by atoms with Gasteiger partial charge in [0.2, 0.25) is 0 Å². The number of rotatable bonds is 7. The Hall–Kier alpha value is -2.07. The fourth-order valence-corrected chi connectivity index (χ4v) is 11.5. The second kappa shape index (κ2) is 10.1. The number of carbonyl (C=O) groups is 1. The SMILES string of the molecule is CCOC(=O)[C@]1(C([Se]c2ccccc2)[Se]c2ccccc2)C[C@@H](C#N)C[C@H]1C#N. The molecule has 0 aromatic heterocycles. The Morgan fingerprint density at radius 1 is 1.07 bits per heavy atom. The van der Waals surface area contributed by atoms with Crippen molar-refractivity contribution in [2.24, 2.45) is 17.3 Å². The fourth-order valence-electron chi connectivity index (χ4n) is 3.72. The summed E-state index contributed by atoms with van der Waals surface area (Å²) < 4.78 is 7.92. The van der Waals surface area contributed by atoms with E-state index in [1.165, 1.54) is 8.92 Å². The van der Waals surface area contributed by atoms with Crippen molar-refractivity contribution in [3.8, 4) is 12.1 Å². The number of carbonyl (C=O) groups excluding carboxylic acids is 1. The zero-order valence-electron chi connectivity index (χ0n) is 16.2. The Kier molecular flexibility index (Phi) is 7.54. The molecule has 3 rings (SSSR count). The third-order valence-corrected chi connectivity index (χ3v) is 12.2. The molecule has 0 radical (unpaired) electrons. The number of esters is 1. The van der Waals surface area contributed by atoms with Crippen LogP contribution in [0.3, 0.4) is 0 Å². The molecule has 6 heteroatoms. The van der Waals surface area contributed by atoms with Crippen LogP contribution in [0.25, 0.3) is 0 Å². The quantitative estimate of drug-likeness (QED) is 0.419. The van der Waals surface area contributed by atoms with E-state index < -0.39 is 11.3 Å². The summed E-state index contributed by atoms with van der Waals surface area (Å²) in [6.07, 6.45) is 0.854. The topological polar surface area (TPSA) is 73.9 Å². The predicted octanol–water partition coefficient (Wildman–Crippen LogP) is 2.41. The second-order valence-corrected chi connectivity index (χ2v) is 13.4. The Labute approximate surface area is 184 Å². The molecule has 0 bridgehead atoms. The third-order valence-electron chi connectivity index (χ3n) is 5.11. The molecule has 0 amide bonds. The van der Waals surface area contributed by atoms with Crippen molar-refractivity contribution in [2.45, 2.75) is 23.5 Å². The Morgan fingerprint density at radius 3 is 2.07 bits per heavy atom. The number of hydrogen-bond donors (Lipinski definition) is 0. The standard InChI is InChI=1S/C23H22N2O2Se2/c1-2-27-21(26)23(14-17(15-24)13-18(23)16-25)22(28-19-9-5-3-6-10-19)29-20-11-7-4-8-12-20/h3-12,17-18,22H,2,13-14H2,1H3/t17-,18-,23-/m0/s1. The minimum absolute atomic E-state index is 0.00523. The molecule has 1 aliphatic rings. The van der Waals surface area contributed by atoms with Crippen molar-refractivity contribution < 1.29 is 9.53 Å². The van der Waals surface area contributed by atoms with Gasteiger partial charge in [-0.3, -0.25) is 0 Å². The normalized spacial score (nSPS) is 23.3. The van der Waals surface area contributed by atoms with Crippen LogP contribution in [0, 0.1) is 39.9 Å². The van der Waals surface area contributed by atoms with Crippen LogP contribution in [0.1, 0.15) is 19.8 Å². The molecule has 4 nitrogen and oxygen atoms in total. The van der Waals surface area contributed by atoms with E-state index in [4.69, 9.17) is 4.74 Å². The van der Waals surface area contributed by atoms with Gasteiger partial charge in [-0.05, 0) is 0 Å². The van der Waals surface area contributed by atoms with Crippen LogP contribution in [0.2, 0.25) is 3.71 Å². The van der Waals surface area contributed by atoms with Gasteiger partial charge in [-0.1, -0.05) is 0 Å². The summed E-state index contributed by atoms with van der Waals surface area (Å²) in [5.74, 6) is -1.08. The van der Waals surface area contributed by atoms with E-state index >= 15 is 0 Å². The number of hydrogen-bond acceptors (Lipinski definition) is 4. The molecule has 1 saturated carbocycles. The van der Waals surface area contributed by atoms with E-state index in [0.29, 0.717) is 12.8 Å². The second-order valence-electron chi connectivity index (χ2n) is 6.90. The van der Waals surface area contributed by atoms with Crippen LogP contribution in [0.5, 0.6) is 0 Å². The molecule has 0 heterocycles. The zero-order valence-corrected chi connectivity index (χ0v) is 19.6. The molecule has 0 aliphatic heterocycles. The average Bonchev–Trinajstić information content (AvgIpc) is 3.15. The van der Waals surface area contributed by atoms with E-state index in [0.717, 1.165) is 0 Å². The molecule has 1 fully saturated rings. The van der Waals surface area contributed by atoms with Gasteiger partial charge in [0.05, 0.1) is 0 Å². The predicted molar refractivity (Wildman–Crippen MR) is 114 cm³/mol. The van der Waals surface area contributed by atoms with Crippen molar-refractivity contribution >= 4 is 44.8 Å². The third kappa shape index (κ3) is 4.75. The van der Waals surface area contributed by atoms with Crippen LogP contribution < -0.4 is 8.92 Å².